The predicted octanol–water partition coefficient (Wildman–Crippen LogP) is 3.59. The van der Waals surface area contributed by atoms with Gasteiger partial charge in [0.25, 0.3) is 10.9 Å². The van der Waals surface area contributed by atoms with Crippen LogP contribution < -0.4 is 4.74 Å². The molecule has 0 amide bonds. The van der Waals surface area contributed by atoms with Crippen LogP contribution in [0.2, 0.25) is 5.15 Å². The van der Waals surface area contributed by atoms with Crippen molar-refractivity contribution in [2.75, 3.05) is 7.11 Å². The van der Waals surface area contributed by atoms with Crippen LogP contribution in [0.5, 0.6) is 10.9 Å². The fourth-order valence-electron chi connectivity index (χ4n) is 1.55. The zero-order valence-electron chi connectivity index (χ0n) is 11.0. The molecule has 2 rings (SSSR count). The molecular weight excluding hydrogens is 320 g/mol. The topological polar surface area (TPSA) is 91.6 Å². The van der Waals surface area contributed by atoms with Crippen LogP contribution in [-0.4, -0.2) is 23.0 Å². The second-order valence-electron chi connectivity index (χ2n) is 3.85. The number of hydrogen-bond donors (Lipinski definition) is 0. The minimum atomic E-state index is -0.622. The van der Waals surface area contributed by atoms with E-state index in [1.807, 2.05) is 0 Å². The van der Waals surface area contributed by atoms with E-state index in [2.05, 4.69) is 9.72 Å². The lowest BCUT2D eigenvalue weighted by Crippen LogP contribution is -1.98. The first-order chi connectivity index (χ1) is 9.93. The quantitative estimate of drug-likeness (QED) is 0.484. The van der Waals surface area contributed by atoms with Gasteiger partial charge in [0.05, 0.1) is 17.6 Å². The number of nitro benzene ring substituents is 1. The van der Waals surface area contributed by atoms with Crippen LogP contribution >= 0.6 is 22.9 Å². The number of methoxy groups -OCH3 is 1. The Morgan fingerprint density at radius 3 is 2.81 bits per heavy atom. The summed E-state index contributed by atoms with van der Waals surface area (Å²) in [6.45, 7) is 1.56. The molecule has 1 aromatic heterocycles. The molecule has 0 spiro atoms. The predicted molar refractivity (Wildman–Crippen MR) is 76.4 cm³/mol. The van der Waals surface area contributed by atoms with Crippen molar-refractivity contribution < 1.29 is 19.2 Å². The van der Waals surface area contributed by atoms with Gasteiger partial charge in [-0.1, -0.05) is 29.0 Å². The van der Waals surface area contributed by atoms with E-state index in [0.717, 1.165) is 11.3 Å². The second kappa shape index (κ2) is 6.06. The van der Waals surface area contributed by atoms with Crippen molar-refractivity contribution in [3.63, 3.8) is 0 Å². The minimum absolute atomic E-state index is 0.0371. The Kier molecular flexibility index (Phi) is 4.39. The lowest BCUT2D eigenvalue weighted by Gasteiger charge is -2.05. The summed E-state index contributed by atoms with van der Waals surface area (Å²) in [6.07, 6.45) is 0. The van der Waals surface area contributed by atoms with Gasteiger partial charge in [0.2, 0.25) is 0 Å². The van der Waals surface area contributed by atoms with E-state index >= 15 is 0 Å². The second-order valence-corrected chi connectivity index (χ2v) is 5.17. The molecule has 9 heteroatoms. The Labute approximate surface area is 128 Å². The highest BCUT2D eigenvalue weighted by atomic mass is 35.5. The summed E-state index contributed by atoms with van der Waals surface area (Å²) >= 11 is 6.72. The van der Waals surface area contributed by atoms with Gasteiger partial charge in [-0.05, 0) is 13.0 Å². The number of carbonyl (C=O) groups excluding carboxylic acids is 1. The van der Waals surface area contributed by atoms with E-state index in [1.54, 1.807) is 13.0 Å². The molecule has 0 aliphatic rings. The van der Waals surface area contributed by atoms with Crippen LogP contribution in [0, 0.1) is 17.0 Å². The van der Waals surface area contributed by atoms with Gasteiger partial charge in [0.1, 0.15) is 5.75 Å². The monoisotopic (exact) mass is 328 g/mol. The third-order valence-corrected chi connectivity index (χ3v) is 3.89. The average molecular weight is 329 g/mol. The van der Waals surface area contributed by atoms with Crippen LogP contribution in [0.15, 0.2) is 18.2 Å². The largest absolute Gasteiger partial charge is 0.465 e. The number of hydrogen-bond acceptors (Lipinski definition) is 7. The third kappa shape index (κ3) is 3.11. The van der Waals surface area contributed by atoms with Gasteiger partial charge in [-0.3, -0.25) is 10.1 Å². The minimum Gasteiger partial charge on any atom is -0.465 e. The van der Waals surface area contributed by atoms with Crippen molar-refractivity contribution in [2.24, 2.45) is 0 Å². The van der Waals surface area contributed by atoms with Gasteiger partial charge in [-0.2, -0.15) is 4.98 Å². The summed E-state index contributed by atoms with van der Waals surface area (Å²) in [7, 11) is 1.23. The third-order valence-electron chi connectivity index (χ3n) is 2.59. The van der Waals surface area contributed by atoms with Crippen LogP contribution in [0.4, 0.5) is 5.69 Å². The molecule has 0 fully saturated rings. The molecule has 7 nitrogen and oxygen atoms in total. The fourth-order valence-corrected chi connectivity index (χ4v) is 2.61. The maximum Gasteiger partial charge on any atom is 0.351 e. The van der Waals surface area contributed by atoms with E-state index in [4.69, 9.17) is 16.3 Å². The highest BCUT2D eigenvalue weighted by Crippen LogP contribution is 2.35. The summed E-state index contributed by atoms with van der Waals surface area (Å²) in [5.41, 5.74) is 0.289. The molecule has 0 radical (unpaired) electrons. The highest BCUT2D eigenvalue weighted by Gasteiger charge is 2.20. The Bertz CT molecular complexity index is 716. The Morgan fingerprint density at radius 1 is 1.48 bits per heavy atom. The lowest BCUT2D eigenvalue weighted by molar-refractivity contribution is -0.385. The molecule has 0 atom stereocenters. The van der Waals surface area contributed by atoms with Gasteiger partial charge in [0.15, 0.2) is 10.0 Å². The van der Waals surface area contributed by atoms with Crippen LogP contribution in [0.3, 0.4) is 0 Å². The molecule has 0 aliphatic carbocycles. The molecule has 0 unspecified atom stereocenters. The van der Waals surface area contributed by atoms with E-state index in [-0.39, 0.29) is 26.7 Å². The molecule has 0 aliphatic heterocycles. The zero-order chi connectivity index (χ0) is 15.6. The molecule has 1 aromatic carbocycles. The normalized spacial score (nSPS) is 10.2. The highest BCUT2D eigenvalue weighted by molar-refractivity contribution is 7.15. The maximum atomic E-state index is 11.4. The standard InChI is InChI=1S/C12H9ClN2O5S/c1-6-7(15(17)18)4-3-5-8(6)20-12-14-10(13)9(21-12)11(16)19-2/h3-5H,1-2H3. The number of rotatable bonds is 4. The lowest BCUT2D eigenvalue weighted by atomic mass is 10.2. The number of benzene rings is 1. The number of thiazole rings is 1. The number of ether oxygens (including phenoxy) is 2. The Balaban J connectivity index is 2.33. The molecular formula is C12H9ClN2O5S. The summed E-state index contributed by atoms with van der Waals surface area (Å²) in [4.78, 5) is 25.8. The molecule has 110 valence electrons. The molecule has 1 heterocycles. The van der Waals surface area contributed by atoms with Crippen LogP contribution in [0.1, 0.15) is 15.2 Å². The summed E-state index contributed by atoms with van der Waals surface area (Å²) in [6, 6.07) is 4.43. The average Bonchev–Trinajstić information content (AvgIpc) is 2.80. The zero-order valence-corrected chi connectivity index (χ0v) is 12.5. The van der Waals surface area contributed by atoms with Crippen molar-refractivity contribution in [3.05, 3.63) is 43.9 Å². The number of nitro groups is 1. The molecule has 0 N–H and O–H groups in total. The first-order valence-corrected chi connectivity index (χ1v) is 6.80. The van der Waals surface area contributed by atoms with E-state index in [9.17, 15) is 14.9 Å². The van der Waals surface area contributed by atoms with Crippen molar-refractivity contribution >= 4 is 34.6 Å². The maximum absolute atomic E-state index is 11.4. The van der Waals surface area contributed by atoms with E-state index in [0.29, 0.717) is 5.56 Å². The smallest absolute Gasteiger partial charge is 0.351 e. The molecule has 0 saturated heterocycles. The van der Waals surface area contributed by atoms with Crippen LogP contribution in [-0.2, 0) is 4.74 Å². The van der Waals surface area contributed by atoms with Crippen molar-refractivity contribution in [1.82, 2.24) is 4.98 Å². The number of halogens is 1. The number of nitrogens with zero attached hydrogens (tertiary/aromatic N) is 2. The molecule has 21 heavy (non-hydrogen) atoms. The molecule has 0 saturated carbocycles. The number of esters is 1. The molecule has 2 aromatic rings. The van der Waals surface area contributed by atoms with E-state index < -0.39 is 10.9 Å². The Morgan fingerprint density at radius 2 is 2.19 bits per heavy atom. The van der Waals surface area contributed by atoms with Gasteiger partial charge >= 0.3 is 5.97 Å². The van der Waals surface area contributed by atoms with E-state index in [1.165, 1.54) is 19.2 Å². The number of carbonyl (C=O) groups is 1. The summed E-state index contributed by atoms with van der Waals surface area (Å²) < 4.78 is 10.0. The van der Waals surface area contributed by atoms with Gasteiger partial charge in [-0.15, -0.1) is 0 Å². The summed E-state index contributed by atoms with van der Waals surface area (Å²) in [5.74, 6) is -0.353. The molecule has 0 bridgehead atoms. The Hall–Kier alpha value is -2.19. The van der Waals surface area contributed by atoms with Gasteiger partial charge in [-0.25, -0.2) is 4.79 Å². The van der Waals surface area contributed by atoms with Crippen molar-refractivity contribution in [3.8, 4) is 10.9 Å². The van der Waals surface area contributed by atoms with Crippen LogP contribution in [0.25, 0.3) is 0 Å². The first kappa shape index (κ1) is 15.2. The summed E-state index contributed by atoms with van der Waals surface area (Å²) in [5, 5.41) is 10.9. The fraction of sp³-hybridized carbons (Fsp3) is 0.167. The van der Waals surface area contributed by atoms with Gasteiger partial charge in [0, 0.05) is 6.07 Å². The SMILES string of the molecule is COC(=O)c1sc(Oc2cccc([N+](=O)[O-])c2C)nc1Cl. The van der Waals surface area contributed by atoms with Crippen molar-refractivity contribution in [2.45, 2.75) is 6.92 Å². The first-order valence-electron chi connectivity index (χ1n) is 5.60. The van der Waals surface area contributed by atoms with Gasteiger partial charge < -0.3 is 9.47 Å². The van der Waals surface area contributed by atoms with Crippen molar-refractivity contribution in [1.29, 1.82) is 0 Å². The number of aromatic nitrogens is 1.